The molecule has 3 aromatic rings. The van der Waals surface area contributed by atoms with Crippen LogP contribution in [0.3, 0.4) is 0 Å². The number of thiazole rings is 1. The van der Waals surface area contributed by atoms with Crippen molar-refractivity contribution >= 4 is 32.3 Å². The Balaban J connectivity index is 1.49. The fourth-order valence-electron chi connectivity index (χ4n) is 2.85. The number of carbonyl (C=O) groups excluding carboxylic acids is 1. The zero-order valence-electron chi connectivity index (χ0n) is 16.3. The number of ketones is 1. The van der Waals surface area contributed by atoms with Crippen molar-refractivity contribution in [3.8, 4) is 0 Å². The van der Waals surface area contributed by atoms with Gasteiger partial charge in [-0.25, -0.2) is 18.1 Å². The summed E-state index contributed by atoms with van der Waals surface area (Å²) in [4.78, 5) is 17.7. The van der Waals surface area contributed by atoms with Crippen LogP contribution in [-0.2, 0) is 10.0 Å². The molecular formula is C21H23N3O3S2. The van der Waals surface area contributed by atoms with Crippen molar-refractivity contribution in [2.24, 2.45) is 0 Å². The lowest BCUT2D eigenvalue weighted by Crippen LogP contribution is -2.26. The van der Waals surface area contributed by atoms with Gasteiger partial charge < -0.3 is 5.32 Å². The van der Waals surface area contributed by atoms with E-state index < -0.39 is 10.0 Å². The minimum atomic E-state index is -3.51. The van der Waals surface area contributed by atoms with E-state index in [9.17, 15) is 13.2 Å². The van der Waals surface area contributed by atoms with Crippen LogP contribution in [0.2, 0.25) is 0 Å². The molecule has 3 rings (SSSR count). The smallest absolute Gasteiger partial charge is 0.240 e. The first-order valence-corrected chi connectivity index (χ1v) is 11.5. The lowest BCUT2D eigenvalue weighted by atomic mass is 10.0. The fourth-order valence-corrected chi connectivity index (χ4v) is 4.96. The molecule has 0 radical (unpaired) electrons. The number of hydrogen-bond acceptors (Lipinski definition) is 6. The van der Waals surface area contributed by atoms with E-state index in [0.717, 1.165) is 5.56 Å². The molecule has 1 aromatic heterocycles. The Bertz CT molecular complexity index is 1110. The number of nitrogens with one attached hydrogen (secondary N) is 2. The molecule has 0 aliphatic carbocycles. The SMILES string of the molecule is Cc1ccccc1C(=O)c1cnc(NCCCNS(=O)(=O)c2ccccc2C)s1. The van der Waals surface area contributed by atoms with Gasteiger partial charge in [0.05, 0.1) is 16.0 Å². The zero-order chi connectivity index (χ0) is 20.9. The van der Waals surface area contributed by atoms with Crippen molar-refractivity contribution in [2.45, 2.75) is 25.2 Å². The highest BCUT2D eigenvalue weighted by atomic mass is 32.2. The van der Waals surface area contributed by atoms with Gasteiger partial charge in [-0.05, 0) is 37.5 Å². The van der Waals surface area contributed by atoms with Gasteiger partial charge >= 0.3 is 0 Å². The van der Waals surface area contributed by atoms with E-state index in [-0.39, 0.29) is 5.78 Å². The van der Waals surface area contributed by atoms with Crippen LogP contribution in [-0.4, -0.2) is 32.3 Å². The lowest BCUT2D eigenvalue weighted by molar-refractivity contribution is 0.104. The van der Waals surface area contributed by atoms with Gasteiger partial charge in [0.1, 0.15) is 0 Å². The summed E-state index contributed by atoms with van der Waals surface area (Å²) in [5, 5.41) is 3.79. The highest BCUT2D eigenvalue weighted by molar-refractivity contribution is 7.89. The number of carbonyl (C=O) groups is 1. The largest absolute Gasteiger partial charge is 0.361 e. The first-order chi connectivity index (χ1) is 13.9. The first kappa shape index (κ1) is 21.2. The van der Waals surface area contributed by atoms with Gasteiger partial charge in [-0.2, -0.15) is 0 Å². The number of hydrogen-bond donors (Lipinski definition) is 2. The Labute approximate surface area is 175 Å². The van der Waals surface area contributed by atoms with E-state index in [0.29, 0.717) is 45.5 Å². The molecule has 2 N–H and O–H groups in total. The van der Waals surface area contributed by atoms with E-state index >= 15 is 0 Å². The quantitative estimate of drug-likeness (QED) is 0.399. The van der Waals surface area contributed by atoms with Crippen LogP contribution in [0.15, 0.2) is 59.6 Å². The standard InChI is InChI=1S/C21H23N3O3S2/c1-15-8-3-5-10-17(15)20(25)18-14-23-21(28-18)22-12-7-13-24-29(26,27)19-11-6-4-9-16(19)2/h3-6,8-11,14,24H,7,12-13H2,1-2H3,(H,22,23). The second-order valence-corrected chi connectivity index (χ2v) is 9.38. The number of aromatic nitrogens is 1. The van der Waals surface area contributed by atoms with Gasteiger partial charge in [-0.15, -0.1) is 0 Å². The molecule has 0 atom stereocenters. The molecule has 0 fully saturated rings. The molecule has 1 heterocycles. The summed E-state index contributed by atoms with van der Waals surface area (Å²) in [7, 11) is -3.51. The number of rotatable bonds is 9. The molecule has 0 aliphatic heterocycles. The summed E-state index contributed by atoms with van der Waals surface area (Å²) in [5.74, 6) is -0.0420. The molecule has 0 aliphatic rings. The summed E-state index contributed by atoms with van der Waals surface area (Å²) >= 11 is 1.30. The molecule has 0 saturated carbocycles. The number of nitrogens with zero attached hydrogens (tertiary/aromatic N) is 1. The van der Waals surface area contributed by atoms with Gasteiger partial charge in [-0.1, -0.05) is 53.8 Å². The zero-order valence-corrected chi connectivity index (χ0v) is 17.9. The number of benzene rings is 2. The van der Waals surface area contributed by atoms with Crippen LogP contribution in [0.1, 0.15) is 32.8 Å². The van der Waals surface area contributed by atoms with Crippen molar-refractivity contribution in [1.82, 2.24) is 9.71 Å². The molecule has 0 saturated heterocycles. The lowest BCUT2D eigenvalue weighted by Gasteiger charge is -2.09. The molecule has 0 spiro atoms. The monoisotopic (exact) mass is 429 g/mol. The van der Waals surface area contributed by atoms with E-state index in [1.165, 1.54) is 11.3 Å². The Morgan fingerprint density at radius 1 is 1.00 bits per heavy atom. The highest BCUT2D eigenvalue weighted by Crippen LogP contribution is 2.22. The van der Waals surface area contributed by atoms with E-state index in [1.807, 2.05) is 37.3 Å². The summed E-state index contributed by atoms with van der Waals surface area (Å²) in [6, 6.07) is 14.4. The Morgan fingerprint density at radius 2 is 1.69 bits per heavy atom. The van der Waals surface area contributed by atoms with E-state index in [1.54, 1.807) is 31.3 Å². The maximum atomic E-state index is 12.6. The third-order valence-electron chi connectivity index (χ3n) is 4.42. The van der Waals surface area contributed by atoms with Crippen LogP contribution in [0.5, 0.6) is 0 Å². The number of anilines is 1. The molecule has 152 valence electrons. The van der Waals surface area contributed by atoms with Crippen LogP contribution in [0.4, 0.5) is 5.13 Å². The second-order valence-electron chi connectivity index (χ2n) is 6.62. The molecule has 0 bridgehead atoms. The van der Waals surface area contributed by atoms with Crippen LogP contribution < -0.4 is 10.0 Å². The van der Waals surface area contributed by atoms with Crippen molar-refractivity contribution in [2.75, 3.05) is 18.4 Å². The van der Waals surface area contributed by atoms with Gasteiger partial charge in [0, 0.05) is 18.7 Å². The highest BCUT2D eigenvalue weighted by Gasteiger charge is 2.16. The molecule has 0 unspecified atom stereocenters. The summed E-state index contributed by atoms with van der Waals surface area (Å²) in [6.07, 6.45) is 2.16. The topological polar surface area (TPSA) is 88.2 Å². The molecule has 0 amide bonds. The van der Waals surface area contributed by atoms with Crippen molar-refractivity contribution < 1.29 is 13.2 Å². The van der Waals surface area contributed by atoms with Crippen LogP contribution in [0.25, 0.3) is 0 Å². The third kappa shape index (κ3) is 5.29. The normalized spacial score (nSPS) is 11.4. The Hall–Kier alpha value is -2.55. The van der Waals surface area contributed by atoms with E-state index in [4.69, 9.17) is 0 Å². The molecule has 29 heavy (non-hydrogen) atoms. The van der Waals surface area contributed by atoms with Crippen molar-refractivity contribution in [1.29, 1.82) is 0 Å². The van der Waals surface area contributed by atoms with Crippen LogP contribution in [0, 0.1) is 13.8 Å². The maximum absolute atomic E-state index is 12.6. The molecular weight excluding hydrogens is 406 g/mol. The maximum Gasteiger partial charge on any atom is 0.240 e. The predicted molar refractivity (Wildman–Crippen MR) is 116 cm³/mol. The summed E-state index contributed by atoms with van der Waals surface area (Å²) < 4.78 is 27.3. The summed E-state index contributed by atoms with van der Waals surface area (Å²) in [6.45, 7) is 4.53. The predicted octanol–water partition coefficient (Wildman–Crippen LogP) is 3.77. The number of aryl methyl sites for hydroxylation is 2. The summed E-state index contributed by atoms with van der Waals surface area (Å²) in [5.41, 5.74) is 2.32. The Kier molecular flexibility index (Phi) is 6.79. The number of sulfonamides is 1. The van der Waals surface area contributed by atoms with Crippen molar-refractivity contribution in [3.63, 3.8) is 0 Å². The fraction of sp³-hybridized carbons (Fsp3) is 0.238. The second kappa shape index (κ2) is 9.30. The van der Waals surface area contributed by atoms with Crippen molar-refractivity contribution in [3.05, 3.63) is 76.3 Å². The van der Waals surface area contributed by atoms with Crippen LogP contribution >= 0.6 is 11.3 Å². The van der Waals surface area contributed by atoms with E-state index in [2.05, 4.69) is 15.0 Å². The Morgan fingerprint density at radius 3 is 2.41 bits per heavy atom. The minimum Gasteiger partial charge on any atom is -0.361 e. The first-order valence-electron chi connectivity index (χ1n) is 9.24. The van der Waals surface area contributed by atoms with Gasteiger partial charge in [-0.3, -0.25) is 4.79 Å². The third-order valence-corrected chi connectivity index (χ3v) is 7.00. The van der Waals surface area contributed by atoms with Gasteiger partial charge in [0.2, 0.25) is 15.8 Å². The minimum absolute atomic E-state index is 0.0420. The van der Waals surface area contributed by atoms with Gasteiger partial charge in [0.25, 0.3) is 0 Å². The molecule has 6 nitrogen and oxygen atoms in total. The van der Waals surface area contributed by atoms with Gasteiger partial charge in [0.15, 0.2) is 5.13 Å². The molecule has 8 heteroatoms. The average Bonchev–Trinajstić information content (AvgIpc) is 3.16. The average molecular weight is 430 g/mol. The molecule has 2 aromatic carbocycles.